The SMILES string of the molecule is O=C1C2C3CC(C2C(=O)N1c1ccc([N+](=O)[O-])cc1)C1C3Sc2[nH]c(=O)sc2[C@@H]1c1cccs1. The molecule has 7 rings (SSSR count). The maximum absolute atomic E-state index is 13.6. The normalized spacial score (nSPS) is 33.2. The molecule has 2 aliphatic carbocycles. The van der Waals surface area contributed by atoms with E-state index in [1.54, 1.807) is 23.1 Å². The number of aromatic amines is 1. The number of nitro groups is 1. The molecule has 8 nitrogen and oxygen atoms in total. The Labute approximate surface area is 205 Å². The van der Waals surface area contributed by atoms with E-state index in [2.05, 4.69) is 11.1 Å². The predicted octanol–water partition coefficient (Wildman–Crippen LogP) is 4.08. The van der Waals surface area contributed by atoms with Gasteiger partial charge >= 0.3 is 4.87 Å². The molecule has 0 spiro atoms. The van der Waals surface area contributed by atoms with E-state index in [9.17, 15) is 24.5 Å². The Morgan fingerprint density at radius 3 is 2.44 bits per heavy atom. The van der Waals surface area contributed by atoms with Crippen LogP contribution in [0, 0.1) is 39.7 Å². The second kappa shape index (κ2) is 7.12. The maximum atomic E-state index is 13.6. The highest BCUT2D eigenvalue weighted by Crippen LogP contribution is 2.68. The first kappa shape index (κ1) is 20.6. The van der Waals surface area contributed by atoms with E-state index >= 15 is 0 Å². The number of anilines is 1. The van der Waals surface area contributed by atoms with Gasteiger partial charge in [-0.15, -0.1) is 23.1 Å². The molecule has 1 aromatic carbocycles. The van der Waals surface area contributed by atoms with Crippen LogP contribution in [0.1, 0.15) is 22.1 Å². The summed E-state index contributed by atoms with van der Waals surface area (Å²) in [6, 6.07) is 9.74. The van der Waals surface area contributed by atoms with Crippen molar-refractivity contribution in [2.75, 3.05) is 4.90 Å². The third kappa shape index (κ3) is 2.63. The molecule has 0 radical (unpaired) electrons. The van der Waals surface area contributed by atoms with Crippen LogP contribution in [0.3, 0.4) is 0 Å². The van der Waals surface area contributed by atoms with Gasteiger partial charge in [-0.2, -0.15) is 0 Å². The van der Waals surface area contributed by atoms with Gasteiger partial charge in [-0.25, -0.2) is 0 Å². The standard InChI is InChI=1S/C23H17N3O5S3/c27-21-15-11-8-12(16(15)22(28)25(21)9-3-5-10(6-4-9)26(30)31)18-14(11)17(13-2-1-7-32-13)19-20(33-18)24-23(29)34-19/h1-7,11-12,14-18H,8H2,(H,24,29)/t11?,12?,14?,15?,16?,17-,18?/m1/s1. The number of thiazole rings is 1. The summed E-state index contributed by atoms with van der Waals surface area (Å²) in [6.07, 6.45) is 0.838. The number of nitrogens with zero attached hydrogens (tertiary/aromatic N) is 2. The number of amides is 2. The molecule has 4 heterocycles. The van der Waals surface area contributed by atoms with Gasteiger partial charge in [-0.05, 0) is 47.8 Å². The number of thioether (sulfide) groups is 1. The first-order valence-electron chi connectivity index (χ1n) is 11.0. The predicted molar refractivity (Wildman–Crippen MR) is 128 cm³/mol. The molecule has 2 saturated carbocycles. The van der Waals surface area contributed by atoms with Crippen molar-refractivity contribution < 1.29 is 14.5 Å². The molecule has 1 N–H and O–H groups in total. The van der Waals surface area contributed by atoms with Crippen LogP contribution in [-0.2, 0) is 9.59 Å². The van der Waals surface area contributed by atoms with Gasteiger partial charge in [0.15, 0.2) is 0 Å². The fraction of sp³-hybridized carbons (Fsp3) is 0.348. The third-order valence-corrected chi connectivity index (χ3v) is 11.4. The zero-order valence-corrected chi connectivity index (χ0v) is 19.9. The van der Waals surface area contributed by atoms with Gasteiger partial charge in [0, 0.05) is 33.1 Å². The summed E-state index contributed by atoms with van der Waals surface area (Å²) in [5.41, 5.74) is 0.313. The molecule has 1 saturated heterocycles. The van der Waals surface area contributed by atoms with E-state index in [-0.39, 0.29) is 63.1 Å². The Kier molecular flexibility index (Phi) is 4.32. The number of hydrogen-bond acceptors (Lipinski definition) is 8. The van der Waals surface area contributed by atoms with Crippen LogP contribution in [0.15, 0.2) is 51.6 Å². The number of non-ortho nitro benzene ring substituents is 1. The summed E-state index contributed by atoms with van der Waals surface area (Å²) in [5, 5.41) is 14.1. The summed E-state index contributed by atoms with van der Waals surface area (Å²) >= 11 is 4.60. The number of thiophene rings is 1. The van der Waals surface area contributed by atoms with Crippen molar-refractivity contribution in [2.45, 2.75) is 22.6 Å². The first-order chi connectivity index (χ1) is 16.4. The Morgan fingerprint density at radius 1 is 1.03 bits per heavy atom. The number of rotatable bonds is 3. The second-order valence-electron chi connectivity index (χ2n) is 9.26. The van der Waals surface area contributed by atoms with Gasteiger partial charge in [-0.1, -0.05) is 17.4 Å². The monoisotopic (exact) mass is 511 g/mol. The summed E-state index contributed by atoms with van der Waals surface area (Å²) in [4.78, 5) is 56.4. The first-order valence-corrected chi connectivity index (χ1v) is 13.6. The van der Waals surface area contributed by atoms with Gasteiger partial charge < -0.3 is 4.98 Å². The molecule has 34 heavy (non-hydrogen) atoms. The minimum absolute atomic E-state index is 0.0532. The number of imide groups is 1. The zero-order chi connectivity index (χ0) is 23.3. The van der Waals surface area contributed by atoms with Crippen LogP contribution in [-0.4, -0.2) is 27.0 Å². The molecule has 3 aromatic rings. The van der Waals surface area contributed by atoms with Crippen molar-refractivity contribution in [3.8, 4) is 0 Å². The molecule has 2 aliphatic heterocycles. The van der Waals surface area contributed by atoms with E-state index < -0.39 is 4.92 Å². The van der Waals surface area contributed by atoms with Crippen molar-refractivity contribution in [2.24, 2.45) is 29.6 Å². The lowest BCUT2D eigenvalue weighted by molar-refractivity contribution is -0.384. The molecular formula is C23H17N3O5S3. The molecule has 6 unspecified atom stereocenters. The van der Waals surface area contributed by atoms with E-state index in [1.165, 1.54) is 45.4 Å². The third-order valence-electron chi connectivity index (χ3n) is 7.89. The molecule has 4 aliphatic rings. The van der Waals surface area contributed by atoms with E-state index in [0.717, 1.165) is 16.3 Å². The molecule has 2 aromatic heterocycles. The lowest BCUT2D eigenvalue weighted by atomic mass is 9.69. The van der Waals surface area contributed by atoms with Gasteiger partial charge in [0.1, 0.15) is 0 Å². The largest absolute Gasteiger partial charge is 0.307 e. The van der Waals surface area contributed by atoms with E-state index in [0.29, 0.717) is 5.69 Å². The summed E-state index contributed by atoms with van der Waals surface area (Å²) in [7, 11) is 0. The van der Waals surface area contributed by atoms with Crippen LogP contribution in [0.25, 0.3) is 0 Å². The smallest absolute Gasteiger partial charge is 0.305 e. The number of H-pyrrole nitrogens is 1. The van der Waals surface area contributed by atoms with E-state index in [1.807, 2.05) is 11.4 Å². The number of carbonyl (C=O) groups excluding carboxylic acids is 2. The van der Waals surface area contributed by atoms with Crippen molar-refractivity contribution in [3.63, 3.8) is 0 Å². The van der Waals surface area contributed by atoms with E-state index in [4.69, 9.17) is 0 Å². The van der Waals surface area contributed by atoms with Crippen LogP contribution < -0.4 is 9.77 Å². The summed E-state index contributed by atoms with van der Waals surface area (Å²) in [5.74, 6) is -0.801. The maximum Gasteiger partial charge on any atom is 0.305 e. The fourth-order valence-electron chi connectivity index (χ4n) is 6.78. The Balaban J connectivity index is 1.29. The number of nitro benzene ring substituents is 1. The minimum Gasteiger partial charge on any atom is -0.307 e. The quantitative estimate of drug-likeness (QED) is 0.322. The van der Waals surface area contributed by atoms with Gasteiger partial charge in [0.05, 0.1) is 27.5 Å². The number of benzene rings is 1. The summed E-state index contributed by atoms with van der Waals surface area (Å²) < 4.78 is 0. The van der Waals surface area contributed by atoms with Crippen molar-refractivity contribution in [1.29, 1.82) is 0 Å². The highest BCUT2D eigenvalue weighted by molar-refractivity contribution is 8.00. The molecule has 2 amide bonds. The number of hydrogen-bond donors (Lipinski definition) is 1. The van der Waals surface area contributed by atoms with Crippen LogP contribution in [0.4, 0.5) is 11.4 Å². The molecule has 11 heteroatoms. The van der Waals surface area contributed by atoms with Gasteiger partial charge in [0.2, 0.25) is 11.8 Å². The Bertz CT molecular complexity index is 1410. The fourth-order valence-corrected chi connectivity index (χ4v) is 10.6. The van der Waals surface area contributed by atoms with Gasteiger partial charge in [-0.3, -0.25) is 29.4 Å². The summed E-state index contributed by atoms with van der Waals surface area (Å²) in [6.45, 7) is 0. The number of carbonyl (C=O) groups is 2. The molecule has 2 bridgehead atoms. The lowest BCUT2D eigenvalue weighted by Crippen LogP contribution is -2.42. The lowest BCUT2D eigenvalue weighted by Gasteiger charge is -2.42. The number of aromatic nitrogens is 1. The second-order valence-corrected chi connectivity index (χ2v) is 12.4. The van der Waals surface area contributed by atoms with Gasteiger partial charge in [0.25, 0.3) is 5.69 Å². The number of nitrogens with one attached hydrogen (secondary N) is 1. The number of fused-ring (bicyclic) bond motifs is 9. The molecule has 7 atom stereocenters. The van der Waals surface area contributed by atoms with Crippen LogP contribution in [0.2, 0.25) is 0 Å². The van der Waals surface area contributed by atoms with Crippen LogP contribution in [0.5, 0.6) is 0 Å². The zero-order valence-electron chi connectivity index (χ0n) is 17.5. The topological polar surface area (TPSA) is 113 Å². The van der Waals surface area contributed by atoms with Crippen molar-refractivity contribution in [3.05, 3.63) is 71.3 Å². The molecule has 172 valence electrons. The Morgan fingerprint density at radius 2 is 1.76 bits per heavy atom. The van der Waals surface area contributed by atoms with Crippen LogP contribution >= 0.6 is 34.4 Å². The molecular weight excluding hydrogens is 494 g/mol. The average molecular weight is 512 g/mol. The molecule has 3 fully saturated rings. The Hall–Kier alpha value is -2.76. The highest BCUT2D eigenvalue weighted by atomic mass is 32.2. The average Bonchev–Trinajstić information content (AvgIpc) is 3.61. The van der Waals surface area contributed by atoms with Crippen molar-refractivity contribution >= 4 is 57.6 Å². The van der Waals surface area contributed by atoms with Crippen molar-refractivity contribution in [1.82, 2.24) is 4.98 Å². The minimum atomic E-state index is -0.498. The highest BCUT2D eigenvalue weighted by Gasteiger charge is 2.69.